The van der Waals surface area contributed by atoms with Crippen molar-refractivity contribution in [1.29, 1.82) is 0 Å². The third-order valence-electron chi connectivity index (χ3n) is 7.52. The Labute approximate surface area is 231 Å². The molecule has 0 saturated heterocycles. The number of hydrogen-bond acceptors (Lipinski definition) is 3. The molecule has 0 fully saturated rings. The van der Waals surface area contributed by atoms with Crippen LogP contribution >= 0.6 is 0 Å². The van der Waals surface area contributed by atoms with Crippen LogP contribution in [0.3, 0.4) is 0 Å². The van der Waals surface area contributed by atoms with Crippen LogP contribution in [-0.4, -0.2) is 34.9 Å². The first kappa shape index (κ1) is 36.1. The van der Waals surface area contributed by atoms with Gasteiger partial charge < -0.3 is 15.5 Å². The number of amides is 1. The fourth-order valence-electron chi connectivity index (χ4n) is 4.94. The highest BCUT2D eigenvalue weighted by molar-refractivity contribution is 5.76. The molecule has 4 heteroatoms. The van der Waals surface area contributed by atoms with Crippen molar-refractivity contribution >= 4 is 5.91 Å². The summed E-state index contributed by atoms with van der Waals surface area (Å²) in [6.07, 6.45) is 34.2. The molecule has 0 aromatic carbocycles. The Hall–Kier alpha value is -0.870. The van der Waals surface area contributed by atoms with E-state index in [2.05, 4.69) is 19.2 Å². The molecule has 2 atom stereocenters. The Morgan fingerprint density at radius 2 is 1.00 bits per heavy atom. The molecule has 0 aliphatic rings. The quantitative estimate of drug-likeness (QED) is 0.0676. The second kappa shape index (κ2) is 29.7. The van der Waals surface area contributed by atoms with Gasteiger partial charge >= 0.3 is 0 Å². The van der Waals surface area contributed by atoms with Crippen LogP contribution in [0.25, 0.3) is 0 Å². The van der Waals surface area contributed by atoms with Crippen molar-refractivity contribution in [2.45, 2.75) is 187 Å². The van der Waals surface area contributed by atoms with Gasteiger partial charge in [0.2, 0.25) is 5.91 Å². The van der Waals surface area contributed by atoms with Crippen molar-refractivity contribution in [1.82, 2.24) is 5.32 Å². The number of hydrogen-bond donors (Lipinski definition) is 3. The van der Waals surface area contributed by atoms with Gasteiger partial charge in [0, 0.05) is 6.42 Å². The maximum Gasteiger partial charge on any atom is 0.220 e. The zero-order valence-electron chi connectivity index (χ0n) is 25.0. The molecule has 0 bridgehead atoms. The third-order valence-corrected chi connectivity index (χ3v) is 7.52. The van der Waals surface area contributed by atoms with Gasteiger partial charge in [-0.1, -0.05) is 161 Å². The molecule has 0 radical (unpaired) electrons. The van der Waals surface area contributed by atoms with Gasteiger partial charge in [-0.25, -0.2) is 0 Å². The molecule has 1 amide bonds. The molecule has 0 aliphatic carbocycles. The second-order valence-electron chi connectivity index (χ2n) is 11.2. The maximum absolute atomic E-state index is 12.2. The lowest BCUT2D eigenvalue weighted by Gasteiger charge is -2.20. The number of carbonyl (C=O) groups excluding carboxylic acids is 1. The first-order valence-corrected chi connectivity index (χ1v) is 16.4. The number of carbonyl (C=O) groups is 1. The summed E-state index contributed by atoms with van der Waals surface area (Å²) in [5.41, 5.74) is 0. The van der Waals surface area contributed by atoms with Gasteiger partial charge in [-0.05, 0) is 19.3 Å². The van der Waals surface area contributed by atoms with E-state index >= 15 is 0 Å². The van der Waals surface area contributed by atoms with Crippen molar-refractivity contribution < 1.29 is 15.0 Å². The van der Waals surface area contributed by atoms with Crippen LogP contribution in [0.1, 0.15) is 174 Å². The van der Waals surface area contributed by atoms with Gasteiger partial charge in [0.05, 0.1) is 18.8 Å². The zero-order chi connectivity index (χ0) is 27.2. The number of allylic oxidation sites excluding steroid dienone is 1. The minimum atomic E-state index is -0.830. The van der Waals surface area contributed by atoms with E-state index in [4.69, 9.17) is 0 Å². The van der Waals surface area contributed by atoms with Crippen LogP contribution in [0, 0.1) is 0 Å². The molecule has 0 aliphatic heterocycles. The van der Waals surface area contributed by atoms with Crippen molar-refractivity contribution in [2.24, 2.45) is 0 Å². The minimum Gasteiger partial charge on any atom is -0.394 e. The summed E-state index contributed by atoms with van der Waals surface area (Å²) in [7, 11) is 0. The fourth-order valence-corrected chi connectivity index (χ4v) is 4.94. The van der Waals surface area contributed by atoms with Gasteiger partial charge in [-0.15, -0.1) is 0 Å². The summed E-state index contributed by atoms with van der Waals surface area (Å²) in [4.78, 5) is 12.2. The Balaban J connectivity index is 3.65. The first-order chi connectivity index (χ1) is 18.2. The van der Waals surface area contributed by atoms with Gasteiger partial charge in [0.15, 0.2) is 0 Å². The van der Waals surface area contributed by atoms with Crippen molar-refractivity contribution in [2.75, 3.05) is 6.61 Å². The molecule has 0 rings (SSSR count). The molecular weight excluding hydrogens is 458 g/mol. The normalized spacial score (nSPS) is 13.3. The smallest absolute Gasteiger partial charge is 0.220 e. The molecule has 0 unspecified atom stereocenters. The molecule has 4 nitrogen and oxygen atoms in total. The van der Waals surface area contributed by atoms with Crippen molar-refractivity contribution in [3.63, 3.8) is 0 Å². The Kier molecular flexibility index (Phi) is 29.0. The molecule has 37 heavy (non-hydrogen) atoms. The molecule has 0 heterocycles. The van der Waals surface area contributed by atoms with Crippen molar-refractivity contribution in [3.8, 4) is 0 Å². The molecule has 0 spiro atoms. The first-order valence-electron chi connectivity index (χ1n) is 16.4. The summed E-state index contributed by atoms with van der Waals surface area (Å²) in [6, 6.07) is -0.613. The lowest BCUT2D eigenvalue weighted by Crippen LogP contribution is -2.45. The average Bonchev–Trinajstić information content (AvgIpc) is 2.90. The number of rotatable bonds is 29. The highest BCUT2D eigenvalue weighted by Gasteiger charge is 2.17. The third kappa shape index (κ3) is 26.5. The van der Waals surface area contributed by atoms with Crippen LogP contribution < -0.4 is 5.32 Å². The predicted octanol–water partition coefficient (Wildman–Crippen LogP) is 9.17. The van der Waals surface area contributed by atoms with E-state index in [1.807, 2.05) is 6.08 Å². The number of nitrogens with one attached hydrogen (secondary N) is 1. The SMILES string of the molecule is CCCCCCCCCCCCC/C=C/[C@H](O)[C@H](CO)NC(=O)CCCCCCCCCCCCCC. The van der Waals surface area contributed by atoms with Crippen LogP contribution in [0.2, 0.25) is 0 Å². The van der Waals surface area contributed by atoms with Gasteiger partial charge in [-0.3, -0.25) is 4.79 Å². The average molecular weight is 524 g/mol. The molecule has 3 N–H and O–H groups in total. The van der Waals surface area contributed by atoms with Crippen molar-refractivity contribution in [3.05, 3.63) is 12.2 Å². The monoisotopic (exact) mass is 523 g/mol. The fraction of sp³-hybridized carbons (Fsp3) is 0.909. The van der Waals surface area contributed by atoms with Gasteiger partial charge in [-0.2, -0.15) is 0 Å². The van der Waals surface area contributed by atoms with E-state index in [1.165, 1.54) is 128 Å². The standard InChI is InChI=1S/C33H65NO3/c1-3-5-7-9-11-13-15-17-18-20-22-24-26-28-32(36)31(30-35)34-33(37)29-27-25-23-21-19-16-14-12-10-8-6-4-2/h26,28,31-32,35-36H,3-25,27,29-30H2,1-2H3,(H,34,37)/b28-26+/t31-,32-/m0/s1. The van der Waals surface area contributed by atoms with Crippen LogP contribution in [0.5, 0.6) is 0 Å². The van der Waals surface area contributed by atoms with E-state index < -0.39 is 12.1 Å². The Bertz CT molecular complexity index is 494. The maximum atomic E-state index is 12.2. The largest absolute Gasteiger partial charge is 0.394 e. The second-order valence-corrected chi connectivity index (χ2v) is 11.2. The number of aliphatic hydroxyl groups is 2. The van der Waals surface area contributed by atoms with E-state index in [0.29, 0.717) is 6.42 Å². The summed E-state index contributed by atoms with van der Waals surface area (Å²) < 4.78 is 0. The van der Waals surface area contributed by atoms with Gasteiger partial charge in [0.1, 0.15) is 0 Å². The zero-order valence-corrected chi connectivity index (χ0v) is 25.0. The van der Waals surface area contributed by atoms with E-state index in [-0.39, 0.29) is 12.5 Å². The van der Waals surface area contributed by atoms with E-state index in [0.717, 1.165) is 25.7 Å². The molecular formula is C33H65NO3. The summed E-state index contributed by atoms with van der Waals surface area (Å²) in [5, 5.41) is 22.8. The lowest BCUT2D eigenvalue weighted by molar-refractivity contribution is -0.123. The van der Waals surface area contributed by atoms with Gasteiger partial charge in [0.25, 0.3) is 0 Å². The Morgan fingerprint density at radius 1 is 0.622 bits per heavy atom. The Morgan fingerprint density at radius 3 is 1.41 bits per heavy atom. The number of unbranched alkanes of at least 4 members (excludes halogenated alkanes) is 22. The summed E-state index contributed by atoms with van der Waals surface area (Å²) in [5.74, 6) is -0.0658. The molecule has 0 saturated carbocycles. The predicted molar refractivity (Wildman–Crippen MR) is 161 cm³/mol. The van der Waals surface area contributed by atoms with E-state index in [9.17, 15) is 15.0 Å². The molecule has 220 valence electrons. The van der Waals surface area contributed by atoms with Crippen LogP contribution in [0.15, 0.2) is 12.2 Å². The topological polar surface area (TPSA) is 69.6 Å². The molecule has 0 aromatic rings. The highest BCUT2D eigenvalue weighted by atomic mass is 16.3. The summed E-state index contributed by atoms with van der Waals surface area (Å²) in [6.45, 7) is 4.28. The lowest BCUT2D eigenvalue weighted by atomic mass is 10.0. The van der Waals surface area contributed by atoms with E-state index in [1.54, 1.807) is 6.08 Å². The summed E-state index contributed by atoms with van der Waals surface area (Å²) >= 11 is 0. The molecule has 0 aromatic heterocycles. The number of aliphatic hydroxyl groups excluding tert-OH is 2. The van der Waals surface area contributed by atoms with Crippen LogP contribution in [0.4, 0.5) is 0 Å². The highest BCUT2D eigenvalue weighted by Crippen LogP contribution is 2.14. The van der Waals surface area contributed by atoms with Crippen LogP contribution in [-0.2, 0) is 4.79 Å². The minimum absolute atomic E-state index is 0.0658.